The zero-order valence-electron chi connectivity index (χ0n) is 7.98. The fraction of sp³-hybridized carbons (Fsp3) is 0.250. The third-order valence-corrected chi connectivity index (χ3v) is 2.64. The number of benzene rings is 1. The van der Waals surface area contributed by atoms with Crippen LogP contribution in [-0.4, -0.2) is 15.0 Å². The Morgan fingerprint density at radius 3 is 2.80 bits per heavy atom. The molecule has 0 aromatic heterocycles. The van der Waals surface area contributed by atoms with Crippen LogP contribution in [0.4, 0.5) is 11.4 Å². The maximum atomic E-state index is 11.0. The first-order chi connectivity index (χ1) is 7.03. The lowest BCUT2D eigenvalue weighted by molar-refractivity contribution is 0.437. The van der Waals surface area contributed by atoms with Gasteiger partial charge in [0.1, 0.15) is 5.69 Å². The Hall–Kier alpha value is -1.63. The fourth-order valence-corrected chi connectivity index (χ4v) is 2.07. The van der Waals surface area contributed by atoms with Crippen LogP contribution < -0.4 is 19.4 Å². The van der Waals surface area contributed by atoms with Gasteiger partial charge in [-0.2, -0.15) is 0 Å². The van der Waals surface area contributed by atoms with Gasteiger partial charge in [-0.15, -0.1) is 8.42 Å². The van der Waals surface area contributed by atoms with Crippen LogP contribution in [0.25, 0.3) is 0 Å². The number of hydrogen-bond donors (Lipinski definition) is 2. The lowest BCUT2D eigenvalue weighted by Crippen LogP contribution is -2.09. The topological polar surface area (TPSA) is 90.6 Å². The van der Waals surface area contributed by atoms with Crippen molar-refractivity contribution in [2.24, 2.45) is 0 Å². The molecule has 0 spiro atoms. The van der Waals surface area contributed by atoms with E-state index in [9.17, 15) is 8.42 Å². The summed E-state index contributed by atoms with van der Waals surface area (Å²) >= 11 is 0. The SMILES string of the molecule is CCNc1c(N)ccc2c1OS(=O)(=O)O2. The predicted molar refractivity (Wildman–Crippen MR) is 55.2 cm³/mol. The van der Waals surface area contributed by atoms with E-state index in [4.69, 9.17) is 5.73 Å². The maximum Gasteiger partial charge on any atom is 0.501 e. The van der Waals surface area contributed by atoms with Crippen LogP contribution in [0.2, 0.25) is 0 Å². The highest BCUT2D eigenvalue weighted by Crippen LogP contribution is 2.44. The highest BCUT2D eigenvalue weighted by molar-refractivity contribution is 7.82. The second kappa shape index (κ2) is 3.20. The lowest BCUT2D eigenvalue weighted by atomic mass is 10.2. The van der Waals surface area contributed by atoms with Crippen molar-refractivity contribution in [2.45, 2.75) is 6.92 Å². The molecule has 0 atom stereocenters. The molecule has 1 aliphatic rings. The van der Waals surface area contributed by atoms with E-state index in [1.807, 2.05) is 6.92 Å². The van der Waals surface area contributed by atoms with Gasteiger partial charge in [-0.05, 0) is 19.1 Å². The Morgan fingerprint density at radius 2 is 2.13 bits per heavy atom. The van der Waals surface area contributed by atoms with Gasteiger partial charge < -0.3 is 19.4 Å². The molecule has 0 radical (unpaired) electrons. The van der Waals surface area contributed by atoms with E-state index in [1.54, 1.807) is 6.07 Å². The van der Waals surface area contributed by atoms with Crippen LogP contribution in [0.15, 0.2) is 12.1 Å². The van der Waals surface area contributed by atoms with Crippen molar-refractivity contribution in [3.05, 3.63) is 12.1 Å². The monoisotopic (exact) mass is 230 g/mol. The third kappa shape index (κ3) is 1.65. The molecule has 15 heavy (non-hydrogen) atoms. The number of nitrogens with one attached hydrogen (secondary N) is 1. The summed E-state index contributed by atoms with van der Waals surface area (Å²) in [4.78, 5) is 0. The average molecular weight is 230 g/mol. The first kappa shape index (κ1) is 9.91. The van der Waals surface area contributed by atoms with Crippen LogP contribution in [0.5, 0.6) is 11.5 Å². The standard InChI is InChI=1S/C8H10N2O4S/c1-2-10-7-5(9)3-4-6-8(7)14-15(11,12)13-6/h3-4,10H,2,9H2,1H3. The van der Waals surface area contributed by atoms with E-state index in [-0.39, 0.29) is 11.5 Å². The summed E-state index contributed by atoms with van der Waals surface area (Å²) < 4.78 is 31.3. The summed E-state index contributed by atoms with van der Waals surface area (Å²) in [6.07, 6.45) is 0. The van der Waals surface area contributed by atoms with Crippen molar-refractivity contribution in [2.75, 3.05) is 17.6 Å². The molecular weight excluding hydrogens is 220 g/mol. The number of anilines is 2. The Bertz CT molecular complexity index is 498. The summed E-state index contributed by atoms with van der Waals surface area (Å²) in [7, 11) is -3.96. The molecule has 3 N–H and O–H groups in total. The molecule has 0 saturated carbocycles. The van der Waals surface area contributed by atoms with Crippen LogP contribution in [-0.2, 0) is 10.4 Å². The second-order valence-corrected chi connectivity index (χ2v) is 4.11. The molecule has 0 fully saturated rings. The number of hydrogen-bond acceptors (Lipinski definition) is 6. The minimum atomic E-state index is -3.96. The maximum absolute atomic E-state index is 11.0. The van der Waals surface area contributed by atoms with Gasteiger partial charge in [-0.3, -0.25) is 0 Å². The molecule has 1 aromatic carbocycles. The molecule has 0 aliphatic carbocycles. The minimum absolute atomic E-state index is 0.122. The molecule has 1 heterocycles. The number of rotatable bonds is 2. The van der Waals surface area contributed by atoms with Crippen molar-refractivity contribution in [1.29, 1.82) is 0 Å². The van der Waals surface area contributed by atoms with Crippen LogP contribution in [0, 0.1) is 0 Å². The van der Waals surface area contributed by atoms with E-state index in [2.05, 4.69) is 13.7 Å². The third-order valence-electron chi connectivity index (χ3n) is 1.88. The molecule has 0 saturated heterocycles. The van der Waals surface area contributed by atoms with Crippen LogP contribution in [0.1, 0.15) is 6.92 Å². The van der Waals surface area contributed by atoms with Gasteiger partial charge in [0.2, 0.25) is 5.75 Å². The van der Waals surface area contributed by atoms with E-state index in [1.165, 1.54) is 6.07 Å². The largest absolute Gasteiger partial charge is 0.501 e. The highest BCUT2D eigenvalue weighted by atomic mass is 32.3. The van der Waals surface area contributed by atoms with Gasteiger partial charge in [0.15, 0.2) is 5.75 Å². The molecule has 6 nitrogen and oxygen atoms in total. The average Bonchev–Trinajstić information content (AvgIpc) is 2.46. The van der Waals surface area contributed by atoms with Crippen LogP contribution in [0.3, 0.4) is 0 Å². The molecule has 1 aromatic rings. The molecule has 82 valence electrons. The van der Waals surface area contributed by atoms with Gasteiger partial charge >= 0.3 is 10.4 Å². The molecule has 0 amide bonds. The van der Waals surface area contributed by atoms with Crippen molar-refractivity contribution >= 4 is 21.8 Å². The molecular formula is C8H10N2O4S. The summed E-state index contributed by atoms with van der Waals surface area (Å²) in [5.74, 6) is 0.275. The van der Waals surface area contributed by atoms with Gasteiger partial charge in [-0.25, -0.2) is 0 Å². The highest BCUT2D eigenvalue weighted by Gasteiger charge is 2.31. The summed E-state index contributed by atoms with van der Waals surface area (Å²) in [5, 5.41) is 2.92. The van der Waals surface area contributed by atoms with Crippen molar-refractivity contribution in [3.63, 3.8) is 0 Å². The first-order valence-electron chi connectivity index (χ1n) is 4.33. The predicted octanol–water partition coefficient (Wildman–Crippen LogP) is 0.717. The molecule has 7 heteroatoms. The lowest BCUT2D eigenvalue weighted by Gasteiger charge is -2.08. The summed E-state index contributed by atoms with van der Waals surface area (Å²) in [6, 6.07) is 3.01. The number of nitrogen functional groups attached to an aromatic ring is 1. The zero-order valence-corrected chi connectivity index (χ0v) is 8.80. The molecule has 0 bridgehead atoms. The number of fused-ring (bicyclic) bond motifs is 1. The van der Waals surface area contributed by atoms with Gasteiger partial charge in [0.05, 0.1) is 5.69 Å². The summed E-state index contributed by atoms with van der Waals surface area (Å²) in [5.41, 5.74) is 6.53. The van der Waals surface area contributed by atoms with E-state index in [0.717, 1.165) is 0 Å². The Kier molecular flexibility index (Phi) is 2.11. The smallest absolute Gasteiger partial charge is 0.397 e. The minimum Gasteiger partial charge on any atom is -0.397 e. The molecule has 0 unspecified atom stereocenters. The number of nitrogens with two attached hydrogens (primary N) is 1. The van der Waals surface area contributed by atoms with E-state index in [0.29, 0.717) is 17.9 Å². The fourth-order valence-electron chi connectivity index (χ4n) is 1.32. The van der Waals surface area contributed by atoms with Gasteiger partial charge in [-0.1, -0.05) is 0 Å². The van der Waals surface area contributed by atoms with Crippen molar-refractivity contribution in [3.8, 4) is 11.5 Å². The molecule has 2 rings (SSSR count). The summed E-state index contributed by atoms with van der Waals surface area (Å²) in [6.45, 7) is 2.47. The second-order valence-electron chi connectivity index (χ2n) is 2.96. The van der Waals surface area contributed by atoms with Gasteiger partial charge in [0.25, 0.3) is 0 Å². The van der Waals surface area contributed by atoms with E-state index < -0.39 is 10.4 Å². The normalized spacial score (nSPS) is 16.3. The van der Waals surface area contributed by atoms with Crippen molar-refractivity contribution < 1.29 is 16.8 Å². The van der Waals surface area contributed by atoms with Crippen LogP contribution >= 0.6 is 0 Å². The quantitative estimate of drug-likeness (QED) is 0.727. The van der Waals surface area contributed by atoms with Crippen molar-refractivity contribution in [1.82, 2.24) is 0 Å². The Labute approximate surface area is 87.3 Å². The Morgan fingerprint density at radius 1 is 1.40 bits per heavy atom. The molecule has 1 aliphatic heterocycles. The van der Waals surface area contributed by atoms with E-state index >= 15 is 0 Å². The zero-order chi connectivity index (χ0) is 11.1. The Balaban J connectivity index is 2.54. The first-order valence-corrected chi connectivity index (χ1v) is 5.67. The van der Waals surface area contributed by atoms with Gasteiger partial charge in [0, 0.05) is 6.54 Å².